The Balaban J connectivity index is 1.83. The maximum atomic E-state index is 12.9. The maximum Gasteiger partial charge on any atom is 0.167 e. The zero-order valence-electron chi connectivity index (χ0n) is 20.2. The van der Waals surface area contributed by atoms with Crippen LogP contribution in [-0.4, -0.2) is 42.6 Å². The lowest BCUT2D eigenvalue weighted by Crippen LogP contribution is -2.40. The summed E-state index contributed by atoms with van der Waals surface area (Å²) in [6.07, 6.45) is 6.73. The lowest BCUT2D eigenvalue weighted by atomic mass is 9.83. The van der Waals surface area contributed by atoms with Crippen molar-refractivity contribution >= 4 is 17.1 Å². The molecule has 0 aromatic heterocycles. The van der Waals surface area contributed by atoms with Crippen LogP contribution in [-0.2, 0) is 16.0 Å². The Morgan fingerprint density at radius 2 is 2.00 bits per heavy atom. The zero-order chi connectivity index (χ0) is 24.0. The number of carbonyl (C=O) groups excluding carboxylic acids is 1. The minimum Gasteiger partial charge on any atom is -0.396 e. The number of Topliss-reactive ketones (excluding diaryl/α,β-unsaturated/α-hetero) is 1. The van der Waals surface area contributed by atoms with Crippen molar-refractivity contribution in [3.63, 3.8) is 0 Å². The van der Waals surface area contributed by atoms with Crippen molar-refractivity contribution in [2.75, 3.05) is 19.8 Å². The van der Waals surface area contributed by atoms with Gasteiger partial charge in [0.15, 0.2) is 5.78 Å². The van der Waals surface area contributed by atoms with Crippen molar-refractivity contribution in [3.05, 3.63) is 52.7 Å². The van der Waals surface area contributed by atoms with E-state index in [1.165, 1.54) is 11.1 Å². The molecule has 6 nitrogen and oxygen atoms in total. The lowest BCUT2D eigenvalue weighted by molar-refractivity contribution is -0.114. The van der Waals surface area contributed by atoms with Crippen LogP contribution in [0.3, 0.4) is 0 Å². The number of ether oxygens (including phenoxy) is 1. The van der Waals surface area contributed by atoms with Gasteiger partial charge in [0.25, 0.3) is 0 Å². The van der Waals surface area contributed by atoms with Gasteiger partial charge in [-0.2, -0.15) is 0 Å². The minimum atomic E-state index is -0.582. The summed E-state index contributed by atoms with van der Waals surface area (Å²) in [7, 11) is 0. The van der Waals surface area contributed by atoms with Crippen LogP contribution in [0.2, 0.25) is 0 Å². The molecule has 0 amide bonds. The number of hydrogen-bond donors (Lipinski definition) is 4. The molecule has 0 radical (unpaired) electrons. The molecule has 180 valence electrons. The number of rotatable bonds is 10. The van der Waals surface area contributed by atoms with Gasteiger partial charge in [0.05, 0.1) is 0 Å². The highest BCUT2D eigenvalue weighted by Crippen LogP contribution is 2.33. The summed E-state index contributed by atoms with van der Waals surface area (Å²) in [6.45, 7) is 8.00. The molecule has 0 bridgehead atoms. The Morgan fingerprint density at radius 1 is 1.27 bits per heavy atom. The normalized spacial score (nSPS) is 20.1. The van der Waals surface area contributed by atoms with Crippen molar-refractivity contribution < 1.29 is 14.6 Å². The van der Waals surface area contributed by atoms with Gasteiger partial charge in [0.1, 0.15) is 6.17 Å². The second-order valence-corrected chi connectivity index (χ2v) is 9.94. The quantitative estimate of drug-likeness (QED) is 0.402. The molecule has 1 aromatic carbocycles. The molecule has 2 atom stereocenters. The Bertz CT molecular complexity index is 913. The second-order valence-electron chi connectivity index (χ2n) is 9.94. The smallest absolute Gasteiger partial charge is 0.167 e. The second kappa shape index (κ2) is 11.7. The Morgan fingerprint density at radius 3 is 2.67 bits per heavy atom. The Kier molecular flexibility index (Phi) is 9.01. The van der Waals surface area contributed by atoms with E-state index in [-0.39, 0.29) is 24.7 Å². The fourth-order valence-electron chi connectivity index (χ4n) is 4.65. The average Bonchev–Trinajstić information content (AvgIpc) is 2.79. The van der Waals surface area contributed by atoms with Crippen molar-refractivity contribution in [1.82, 2.24) is 5.32 Å². The molecule has 1 fully saturated rings. The molecule has 2 heterocycles. The van der Waals surface area contributed by atoms with Gasteiger partial charge in [-0.25, -0.2) is 0 Å². The van der Waals surface area contributed by atoms with Crippen molar-refractivity contribution in [2.45, 2.75) is 65.0 Å². The first-order valence-corrected chi connectivity index (χ1v) is 12.1. The van der Waals surface area contributed by atoms with Gasteiger partial charge < -0.3 is 26.3 Å². The predicted octanol–water partition coefficient (Wildman–Crippen LogP) is 3.93. The van der Waals surface area contributed by atoms with Gasteiger partial charge in [0.2, 0.25) is 0 Å². The van der Waals surface area contributed by atoms with E-state index in [0.29, 0.717) is 29.5 Å². The number of hydrogen-bond acceptors (Lipinski definition) is 6. The van der Waals surface area contributed by atoms with Crippen LogP contribution in [0.25, 0.3) is 5.57 Å². The van der Waals surface area contributed by atoms with Crippen molar-refractivity contribution in [3.8, 4) is 0 Å². The fourth-order valence-corrected chi connectivity index (χ4v) is 4.65. The summed E-state index contributed by atoms with van der Waals surface area (Å²) in [5, 5.41) is 20.5. The van der Waals surface area contributed by atoms with Gasteiger partial charge in [-0.05, 0) is 71.8 Å². The molecule has 0 aliphatic carbocycles. The highest BCUT2D eigenvalue weighted by molar-refractivity contribution is 6.10. The van der Waals surface area contributed by atoms with E-state index in [0.717, 1.165) is 43.6 Å². The molecule has 0 spiro atoms. The lowest BCUT2D eigenvalue weighted by Gasteiger charge is -2.26. The standard InChI is InChI=1S/C27H39N3O3/c1-17(2)10-21-12-20(4-5-24(21)19-6-8-33-9-7-19)22-13-25(27(29)30-15-22)26(32)14-23(28)11-18(3)16-31/h4-5,12-13,15,17-19,27-28,30-31H,6-11,14,16,29H2,1-3H3. The maximum absolute atomic E-state index is 12.9. The first-order valence-electron chi connectivity index (χ1n) is 12.1. The van der Waals surface area contributed by atoms with Crippen molar-refractivity contribution in [2.24, 2.45) is 17.6 Å². The number of allylic oxidation sites excluding steroid dienone is 2. The van der Waals surface area contributed by atoms with E-state index in [9.17, 15) is 9.90 Å². The third-order valence-corrected chi connectivity index (χ3v) is 6.43. The largest absolute Gasteiger partial charge is 0.396 e. The SMILES string of the molecule is CC(C)Cc1cc(C2=CNC(N)C(C(=O)CC(=N)CC(C)CO)=C2)ccc1C1CCOCC1. The predicted molar refractivity (Wildman–Crippen MR) is 133 cm³/mol. The summed E-state index contributed by atoms with van der Waals surface area (Å²) in [4.78, 5) is 12.9. The van der Waals surface area contributed by atoms with Crippen LogP contribution >= 0.6 is 0 Å². The molecule has 5 N–H and O–H groups in total. The summed E-state index contributed by atoms with van der Waals surface area (Å²) < 4.78 is 5.56. The van der Waals surface area contributed by atoms with Crippen molar-refractivity contribution in [1.29, 1.82) is 5.41 Å². The van der Waals surface area contributed by atoms with E-state index >= 15 is 0 Å². The molecule has 2 aliphatic heterocycles. The summed E-state index contributed by atoms with van der Waals surface area (Å²) >= 11 is 0. The number of benzene rings is 1. The number of aliphatic hydroxyl groups is 1. The van der Waals surface area contributed by atoms with Gasteiger partial charge >= 0.3 is 0 Å². The van der Waals surface area contributed by atoms with Gasteiger partial charge in [-0.15, -0.1) is 0 Å². The van der Waals surface area contributed by atoms with Crippen LogP contribution in [0, 0.1) is 17.2 Å². The summed E-state index contributed by atoms with van der Waals surface area (Å²) in [5.41, 5.74) is 11.8. The number of ketones is 1. The highest BCUT2D eigenvalue weighted by atomic mass is 16.5. The van der Waals surface area contributed by atoms with Crippen LogP contribution in [0.15, 0.2) is 36.0 Å². The van der Waals surface area contributed by atoms with Crippen LogP contribution in [0.4, 0.5) is 0 Å². The topological polar surface area (TPSA) is 108 Å². The van der Waals surface area contributed by atoms with E-state index in [1.54, 1.807) is 0 Å². The molecular formula is C27H39N3O3. The first-order chi connectivity index (χ1) is 15.8. The Labute approximate surface area is 197 Å². The minimum absolute atomic E-state index is 0.00973. The monoisotopic (exact) mass is 453 g/mol. The molecule has 0 saturated carbocycles. The van der Waals surface area contributed by atoms with Gasteiger partial charge in [-0.3, -0.25) is 4.79 Å². The van der Waals surface area contributed by atoms with Gasteiger partial charge in [-0.1, -0.05) is 39.0 Å². The molecule has 6 heteroatoms. The number of aliphatic hydroxyl groups excluding tert-OH is 1. The molecule has 33 heavy (non-hydrogen) atoms. The third-order valence-electron chi connectivity index (χ3n) is 6.43. The van der Waals surface area contributed by atoms with Crippen LogP contribution in [0.1, 0.15) is 69.1 Å². The molecule has 1 saturated heterocycles. The van der Waals surface area contributed by atoms with E-state index in [1.807, 2.05) is 19.2 Å². The molecule has 2 unspecified atom stereocenters. The van der Waals surface area contributed by atoms with E-state index < -0.39 is 6.17 Å². The number of carbonyl (C=O) groups is 1. The summed E-state index contributed by atoms with van der Waals surface area (Å²) in [6, 6.07) is 6.65. The van der Waals surface area contributed by atoms with E-state index in [4.69, 9.17) is 15.9 Å². The number of dihydropyridines is 1. The fraction of sp³-hybridized carbons (Fsp3) is 0.556. The molecule has 3 rings (SSSR count). The average molecular weight is 454 g/mol. The highest BCUT2D eigenvalue weighted by Gasteiger charge is 2.24. The molecular weight excluding hydrogens is 414 g/mol. The van der Waals surface area contributed by atoms with Gasteiger partial charge in [0, 0.05) is 43.7 Å². The van der Waals surface area contributed by atoms with Crippen LogP contribution in [0.5, 0.6) is 0 Å². The number of nitrogens with two attached hydrogens (primary N) is 1. The van der Waals surface area contributed by atoms with Crippen LogP contribution < -0.4 is 11.1 Å². The van der Waals surface area contributed by atoms with E-state index in [2.05, 4.69) is 37.4 Å². The number of nitrogens with one attached hydrogen (secondary N) is 2. The first kappa shape index (κ1) is 25.3. The molecule has 1 aromatic rings. The molecule has 2 aliphatic rings. The Hall–Kier alpha value is -2.28. The zero-order valence-corrected chi connectivity index (χ0v) is 20.2. The summed E-state index contributed by atoms with van der Waals surface area (Å²) in [5.74, 6) is 0.914. The third kappa shape index (κ3) is 6.85.